The number of rotatable bonds is 12. The van der Waals surface area contributed by atoms with Crippen molar-refractivity contribution in [2.45, 2.75) is 90.6 Å². The van der Waals surface area contributed by atoms with Crippen LogP contribution in [-0.4, -0.2) is 103 Å². The Hall–Kier alpha value is -4.44. The van der Waals surface area contributed by atoms with Crippen molar-refractivity contribution in [2.75, 3.05) is 27.2 Å². The molecule has 15 nitrogen and oxygen atoms in total. The maximum absolute atomic E-state index is 14.4. The molecule has 280 valence electrons. The third kappa shape index (κ3) is 8.90. The first-order chi connectivity index (χ1) is 23.7. The Balaban J connectivity index is 1.68. The Labute approximate surface area is 299 Å². The minimum atomic E-state index is -4.18. The van der Waals surface area contributed by atoms with Crippen molar-refractivity contribution in [1.82, 2.24) is 29.5 Å². The van der Waals surface area contributed by atoms with E-state index in [0.29, 0.717) is 11.1 Å². The number of aromatic nitrogens is 1. The fourth-order valence-electron chi connectivity index (χ4n) is 5.92. The molecule has 2 fully saturated rings. The van der Waals surface area contributed by atoms with Crippen LogP contribution < -0.4 is 24.8 Å². The lowest BCUT2D eigenvalue weighted by molar-refractivity contribution is -0.143. The number of nitrogens with one attached hydrogen (secondary N) is 3. The zero-order valence-corrected chi connectivity index (χ0v) is 31.5. The largest absolute Gasteiger partial charge is 0.497 e. The van der Waals surface area contributed by atoms with Crippen LogP contribution in [0, 0.1) is 11.3 Å². The highest BCUT2D eigenvalue weighted by Gasteiger charge is 2.61. The number of likely N-dealkylation sites (tertiary alicyclic amines) is 1. The number of methoxy groups -OCH3 is 1. The molecular weight excluding hydrogens is 680 g/mol. The molecule has 1 saturated heterocycles. The lowest BCUT2D eigenvalue weighted by atomic mass is 9.85. The van der Waals surface area contributed by atoms with Gasteiger partial charge in [0.25, 0.3) is 5.91 Å². The van der Waals surface area contributed by atoms with E-state index < -0.39 is 74.7 Å². The monoisotopic (exact) mass is 730 g/mol. The van der Waals surface area contributed by atoms with E-state index in [2.05, 4.69) is 26.9 Å². The zero-order valence-electron chi connectivity index (χ0n) is 30.7. The highest BCUT2D eigenvalue weighted by atomic mass is 32.2. The fourth-order valence-corrected chi connectivity index (χ4v) is 6.83. The van der Waals surface area contributed by atoms with Gasteiger partial charge in [-0.1, -0.05) is 33.8 Å². The summed E-state index contributed by atoms with van der Waals surface area (Å²) in [6, 6.07) is 4.90. The Kier molecular flexibility index (Phi) is 11.3. The summed E-state index contributed by atoms with van der Waals surface area (Å²) in [7, 11) is -1.30. The lowest BCUT2D eigenvalue weighted by Crippen LogP contribution is -2.60. The summed E-state index contributed by atoms with van der Waals surface area (Å²) in [6.07, 6.45) is 1.62. The predicted octanol–water partition coefficient (Wildman–Crippen LogP) is 2.90. The van der Waals surface area contributed by atoms with Gasteiger partial charge in [-0.15, -0.1) is 6.58 Å². The minimum Gasteiger partial charge on any atom is -0.497 e. The molecule has 3 N–H and O–H groups in total. The lowest BCUT2D eigenvalue weighted by Gasteiger charge is -2.36. The van der Waals surface area contributed by atoms with Crippen molar-refractivity contribution < 1.29 is 41.8 Å². The van der Waals surface area contributed by atoms with Crippen LogP contribution in [0.3, 0.4) is 0 Å². The van der Waals surface area contributed by atoms with Gasteiger partial charge < -0.3 is 29.7 Å². The molecule has 2 heterocycles. The molecule has 0 radical (unpaired) electrons. The molecular formula is C35H50N6O9S. The highest BCUT2D eigenvalue weighted by molar-refractivity contribution is 7.87. The molecule has 1 saturated carbocycles. The van der Waals surface area contributed by atoms with Gasteiger partial charge in [-0.3, -0.25) is 14.4 Å². The molecule has 0 bridgehead atoms. The number of alkyl carbamates (subject to hydrolysis) is 1. The predicted molar refractivity (Wildman–Crippen MR) is 190 cm³/mol. The Morgan fingerprint density at radius 1 is 1.16 bits per heavy atom. The fraction of sp³-hybridized carbons (Fsp3) is 0.571. The van der Waals surface area contributed by atoms with Crippen LogP contribution in [-0.2, 0) is 29.3 Å². The Morgan fingerprint density at radius 3 is 2.41 bits per heavy atom. The Morgan fingerprint density at radius 2 is 1.84 bits per heavy atom. The summed E-state index contributed by atoms with van der Waals surface area (Å²) in [4.78, 5) is 60.8. The zero-order chi connectivity index (χ0) is 38.1. The van der Waals surface area contributed by atoms with Gasteiger partial charge in [0.2, 0.25) is 17.7 Å². The van der Waals surface area contributed by atoms with Gasteiger partial charge in [0.1, 0.15) is 35.1 Å². The molecule has 0 spiro atoms. The van der Waals surface area contributed by atoms with Gasteiger partial charge in [0.15, 0.2) is 0 Å². The first kappa shape index (κ1) is 39.3. The number of amides is 4. The molecule has 2 aliphatic rings. The van der Waals surface area contributed by atoms with Crippen LogP contribution >= 0.6 is 0 Å². The van der Waals surface area contributed by atoms with Crippen molar-refractivity contribution in [3.05, 3.63) is 43.1 Å². The number of hydrogen-bond acceptors (Lipinski definition) is 10. The van der Waals surface area contributed by atoms with E-state index >= 15 is 0 Å². The quantitative estimate of drug-likeness (QED) is 0.274. The standard InChI is InChI=1S/C35H50N6O9S/c1-11-22-19-35(22,31(44)39-51(46,47)40(9)12-2)38-28(42)26-18-24(49-29-25-14-13-23(48-10)17-21(25)15-16-36-29)20-41(26)30(43)27(33(3,4)5)37-32(45)50-34(6,7)8/h11,13-17,22,24,26-27H,1,12,18-20H2,2-10H3,(H,37,45)(H,38,42)(H,39,44)/t22?,24-,26+,27-,35-/m1/s1. The van der Waals surface area contributed by atoms with Crippen LogP contribution in [0.25, 0.3) is 10.8 Å². The van der Waals surface area contributed by atoms with Crippen LogP contribution in [0.2, 0.25) is 0 Å². The molecule has 1 aromatic carbocycles. The second-order valence-electron chi connectivity index (χ2n) is 15.0. The average molecular weight is 731 g/mol. The van der Waals surface area contributed by atoms with Crippen molar-refractivity contribution >= 4 is 44.8 Å². The van der Waals surface area contributed by atoms with Crippen molar-refractivity contribution in [2.24, 2.45) is 11.3 Å². The van der Waals surface area contributed by atoms with Crippen LogP contribution in [0.15, 0.2) is 43.1 Å². The Bertz CT molecular complexity index is 1790. The molecule has 2 aromatic rings. The SMILES string of the molecule is C=CC1C[C@]1(NC(=O)[C@@H]1C[C@@H](Oc2nccc3cc(OC)ccc23)CN1C(=O)[C@@H](NC(=O)OC(C)(C)C)C(C)(C)C)C(=O)NS(=O)(=O)N(C)CC. The van der Waals surface area contributed by atoms with Gasteiger partial charge in [-0.25, -0.2) is 14.5 Å². The molecule has 4 amide bonds. The second-order valence-corrected chi connectivity index (χ2v) is 16.8. The van der Waals surface area contributed by atoms with Crippen molar-refractivity contribution in [1.29, 1.82) is 0 Å². The van der Waals surface area contributed by atoms with E-state index in [1.54, 1.807) is 80.0 Å². The topological polar surface area (TPSA) is 186 Å². The number of carbonyl (C=O) groups is 4. The molecule has 4 rings (SSSR count). The number of fused-ring (bicyclic) bond motifs is 1. The van der Waals surface area contributed by atoms with Gasteiger partial charge in [0.05, 0.1) is 13.7 Å². The van der Waals surface area contributed by atoms with Gasteiger partial charge >= 0.3 is 16.3 Å². The van der Waals surface area contributed by atoms with Crippen molar-refractivity contribution in [3.63, 3.8) is 0 Å². The second kappa shape index (κ2) is 14.7. The normalized spacial score (nSPS) is 22.5. The van der Waals surface area contributed by atoms with E-state index in [4.69, 9.17) is 14.2 Å². The maximum atomic E-state index is 14.4. The number of nitrogens with zero attached hydrogens (tertiary/aromatic N) is 3. The first-order valence-corrected chi connectivity index (χ1v) is 18.2. The average Bonchev–Trinajstić information content (AvgIpc) is 3.60. The summed E-state index contributed by atoms with van der Waals surface area (Å²) >= 11 is 0. The number of benzene rings is 1. The van der Waals surface area contributed by atoms with Gasteiger partial charge in [-0.2, -0.15) is 12.7 Å². The molecule has 1 unspecified atom stereocenters. The summed E-state index contributed by atoms with van der Waals surface area (Å²) < 4.78 is 45.7. The van der Waals surface area contributed by atoms with E-state index in [0.717, 1.165) is 9.69 Å². The number of pyridine rings is 1. The van der Waals surface area contributed by atoms with E-state index in [9.17, 15) is 27.6 Å². The molecule has 1 aliphatic carbocycles. The number of carbonyl (C=O) groups excluding carboxylic acids is 4. The molecule has 51 heavy (non-hydrogen) atoms. The maximum Gasteiger partial charge on any atom is 0.408 e. The third-order valence-corrected chi connectivity index (χ3v) is 10.5. The molecule has 1 aromatic heterocycles. The van der Waals surface area contributed by atoms with Gasteiger partial charge in [0, 0.05) is 37.5 Å². The van der Waals surface area contributed by atoms with E-state index in [1.165, 1.54) is 18.0 Å². The number of hydrogen-bond donors (Lipinski definition) is 3. The van der Waals surface area contributed by atoms with E-state index in [1.807, 2.05) is 6.07 Å². The molecule has 5 atom stereocenters. The summed E-state index contributed by atoms with van der Waals surface area (Å²) in [5.74, 6) is -1.83. The summed E-state index contributed by atoms with van der Waals surface area (Å²) in [5, 5.41) is 6.93. The van der Waals surface area contributed by atoms with Crippen LogP contribution in [0.1, 0.15) is 61.3 Å². The smallest absolute Gasteiger partial charge is 0.408 e. The highest BCUT2D eigenvalue weighted by Crippen LogP contribution is 2.45. The van der Waals surface area contributed by atoms with Crippen molar-refractivity contribution in [3.8, 4) is 11.6 Å². The number of ether oxygens (including phenoxy) is 3. The molecule has 1 aliphatic heterocycles. The van der Waals surface area contributed by atoms with E-state index in [-0.39, 0.29) is 31.8 Å². The summed E-state index contributed by atoms with van der Waals surface area (Å²) in [6.45, 7) is 15.8. The minimum absolute atomic E-state index is 0.00240. The van der Waals surface area contributed by atoms with Gasteiger partial charge in [-0.05, 0) is 62.3 Å². The van der Waals surface area contributed by atoms with Crippen LogP contribution in [0.5, 0.6) is 11.6 Å². The molecule has 16 heteroatoms. The van der Waals surface area contributed by atoms with Crippen LogP contribution in [0.4, 0.5) is 4.79 Å². The third-order valence-electron chi connectivity index (χ3n) is 8.96. The summed E-state index contributed by atoms with van der Waals surface area (Å²) in [5.41, 5.74) is -3.27. The first-order valence-electron chi connectivity index (χ1n) is 16.8.